The van der Waals surface area contributed by atoms with E-state index < -0.39 is 0 Å². The molecule has 0 radical (unpaired) electrons. The predicted molar refractivity (Wildman–Crippen MR) is 113 cm³/mol. The number of rotatable bonds is 3. The van der Waals surface area contributed by atoms with Gasteiger partial charge in [-0.25, -0.2) is 4.39 Å². The number of carbonyl (C=O) groups excluding carboxylic acids is 2. The number of aromatic nitrogens is 1. The Balaban J connectivity index is 1.43. The van der Waals surface area contributed by atoms with E-state index >= 15 is 0 Å². The highest BCUT2D eigenvalue weighted by molar-refractivity contribution is 5.94. The summed E-state index contributed by atoms with van der Waals surface area (Å²) < 4.78 is 14.8. The number of hydrogen-bond donors (Lipinski definition) is 0. The summed E-state index contributed by atoms with van der Waals surface area (Å²) in [6.07, 6.45) is 8.91. The zero-order chi connectivity index (χ0) is 20.9. The highest BCUT2D eigenvalue weighted by Gasteiger charge is 2.29. The van der Waals surface area contributed by atoms with Crippen molar-refractivity contribution in [2.24, 2.45) is 10.9 Å². The van der Waals surface area contributed by atoms with E-state index in [4.69, 9.17) is 4.99 Å². The SMILES string of the molecule is O=C(c1ccc(F)cc1)N1CCC(C(=O)n2ccccc2=NC2CCCCC2)CC1. The van der Waals surface area contributed by atoms with Crippen LogP contribution in [0.5, 0.6) is 0 Å². The van der Waals surface area contributed by atoms with Crippen molar-refractivity contribution in [2.45, 2.75) is 51.0 Å². The minimum atomic E-state index is -0.356. The quantitative estimate of drug-likeness (QED) is 0.768. The second-order valence-corrected chi connectivity index (χ2v) is 8.26. The van der Waals surface area contributed by atoms with Crippen LogP contribution in [0.15, 0.2) is 53.7 Å². The van der Waals surface area contributed by atoms with Crippen molar-refractivity contribution in [3.63, 3.8) is 0 Å². The molecule has 0 unspecified atom stereocenters. The largest absolute Gasteiger partial charge is 0.339 e. The van der Waals surface area contributed by atoms with Gasteiger partial charge in [0.05, 0.1) is 6.04 Å². The fourth-order valence-electron chi connectivity index (χ4n) is 4.42. The van der Waals surface area contributed by atoms with Gasteiger partial charge in [-0.3, -0.25) is 19.1 Å². The first-order valence-corrected chi connectivity index (χ1v) is 10.9. The van der Waals surface area contributed by atoms with E-state index in [1.807, 2.05) is 18.2 Å². The molecule has 2 fully saturated rings. The van der Waals surface area contributed by atoms with Crippen molar-refractivity contribution < 1.29 is 14.0 Å². The van der Waals surface area contributed by atoms with Gasteiger partial charge in [-0.1, -0.05) is 25.3 Å². The van der Waals surface area contributed by atoms with Gasteiger partial charge >= 0.3 is 0 Å². The summed E-state index contributed by atoms with van der Waals surface area (Å²) in [5.41, 5.74) is 1.21. The predicted octanol–water partition coefficient (Wildman–Crippen LogP) is 4.05. The van der Waals surface area contributed by atoms with Crippen LogP contribution in [0.1, 0.15) is 60.1 Å². The van der Waals surface area contributed by atoms with Crippen molar-refractivity contribution in [3.8, 4) is 0 Å². The lowest BCUT2D eigenvalue weighted by atomic mass is 9.95. The maximum Gasteiger partial charge on any atom is 0.253 e. The first-order chi connectivity index (χ1) is 14.6. The van der Waals surface area contributed by atoms with Crippen LogP contribution in [0.4, 0.5) is 4.39 Å². The lowest BCUT2D eigenvalue weighted by Crippen LogP contribution is -2.42. The van der Waals surface area contributed by atoms with E-state index in [2.05, 4.69) is 0 Å². The van der Waals surface area contributed by atoms with Crippen LogP contribution < -0.4 is 5.49 Å². The van der Waals surface area contributed by atoms with Gasteiger partial charge in [0.1, 0.15) is 11.3 Å². The molecule has 5 nitrogen and oxygen atoms in total. The van der Waals surface area contributed by atoms with Crippen molar-refractivity contribution in [1.29, 1.82) is 0 Å². The highest BCUT2D eigenvalue weighted by atomic mass is 19.1. The Hall–Kier alpha value is -2.76. The molecule has 0 bridgehead atoms. The summed E-state index contributed by atoms with van der Waals surface area (Å²) in [5.74, 6) is -0.541. The Morgan fingerprint density at radius 1 is 0.900 bits per heavy atom. The second-order valence-electron chi connectivity index (χ2n) is 8.26. The van der Waals surface area contributed by atoms with E-state index in [-0.39, 0.29) is 23.5 Å². The van der Waals surface area contributed by atoms with E-state index in [0.717, 1.165) is 18.3 Å². The topological polar surface area (TPSA) is 54.7 Å². The van der Waals surface area contributed by atoms with Crippen LogP contribution in [-0.4, -0.2) is 40.4 Å². The van der Waals surface area contributed by atoms with Crippen molar-refractivity contribution in [2.75, 3.05) is 13.1 Å². The van der Waals surface area contributed by atoms with Gasteiger partial charge in [0.25, 0.3) is 5.91 Å². The smallest absolute Gasteiger partial charge is 0.253 e. The van der Waals surface area contributed by atoms with Gasteiger partial charge in [0.15, 0.2) is 0 Å². The molecule has 4 rings (SSSR count). The number of likely N-dealkylation sites (tertiary alicyclic amines) is 1. The Kier molecular flexibility index (Phi) is 6.41. The first-order valence-electron chi connectivity index (χ1n) is 10.9. The third kappa shape index (κ3) is 4.69. The van der Waals surface area contributed by atoms with Gasteiger partial charge in [-0.15, -0.1) is 0 Å². The number of pyridine rings is 1. The molecule has 158 valence electrons. The summed E-state index contributed by atoms with van der Waals surface area (Å²) in [6.45, 7) is 1.05. The monoisotopic (exact) mass is 409 g/mol. The molecule has 6 heteroatoms. The average Bonchev–Trinajstić information content (AvgIpc) is 2.80. The van der Waals surface area contributed by atoms with E-state index in [0.29, 0.717) is 37.5 Å². The molecule has 0 atom stereocenters. The third-order valence-electron chi connectivity index (χ3n) is 6.19. The summed E-state index contributed by atoms with van der Waals surface area (Å²) >= 11 is 0. The molecule has 1 saturated carbocycles. The van der Waals surface area contributed by atoms with Crippen LogP contribution in [0, 0.1) is 11.7 Å². The number of nitrogens with zero attached hydrogens (tertiary/aromatic N) is 3. The van der Waals surface area contributed by atoms with Gasteiger partial charge in [-0.05, 0) is 62.1 Å². The van der Waals surface area contributed by atoms with Crippen LogP contribution >= 0.6 is 0 Å². The molecule has 2 aromatic rings. The number of halogens is 1. The molecule has 1 aliphatic heterocycles. The molecule has 2 heterocycles. The highest BCUT2D eigenvalue weighted by Crippen LogP contribution is 2.22. The molecular weight excluding hydrogens is 381 g/mol. The Morgan fingerprint density at radius 3 is 2.30 bits per heavy atom. The summed E-state index contributed by atoms with van der Waals surface area (Å²) in [4.78, 5) is 32.5. The number of piperidine rings is 1. The van der Waals surface area contributed by atoms with Crippen LogP contribution in [0.2, 0.25) is 0 Å². The van der Waals surface area contributed by atoms with Crippen molar-refractivity contribution in [3.05, 3.63) is 65.5 Å². The van der Waals surface area contributed by atoms with Gasteiger partial charge in [0.2, 0.25) is 5.91 Å². The lowest BCUT2D eigenvalue weighted by Gasteiger charge is -2.31. The summed E-state index contributed by atoms with van der Waals surface area (Å²) in [7, 11) is 0. The number of benzene rings is 1. The van der Waals surface area contributed by atoms with Crippen LogP contribution in [0.3, 0.4) is 0 Å². The lowest BCUT2D eigenvalue weighted by molar-refractivity contribution is 0.0618. The number of hydrogen-bond acceptors (Lipinski definition) is 3. The molecule has 2 aliphatic rings. The Labute approximate surface area is 176 Å². The molecule has 1 aromatic heterocycles. The summed E-state index contributed by atoms with van der Waals surface area (Å²) in [6, 6.07) is 11.6. The fourth-order valence-corrected chi connectivity index (χ4v) is 4.42. The van der Waals surface area contributed by atoms with E-state index in [1.54, 1.807) is 15.7 Å². The maximum absolute atomic E-state index is 13.2. The fraction of sp³-hybridized carbons (Fsp3) is 0.458. The third-order valence-corrected chi connectivity index (χ3v) is 6.19. The average molecular weight is 410 g/mol. The zero-order valence-electron chi connectivity index (χ0n) is 17.2. The Morgan fingerprint density at radius 2 is 1.60 bits per heavy atom. The van der Waals surface area contributed by atoms with Crippen molar-refractivity contribution in [1.82, 2.24) is 9.47 Å². The molecule has 1 saturated heterocycles. The van der Waals surface area contributed by atoms with Gasteiger partial charge in [0, 0.05) is 30.8 Å². The molecule has 1 amide bonds. The standard InChI is InChI=1S/C24H28FN3O2/c25-20-11-9-18(10-12-20)23(29)27-16-13-19(14-17-27)24(30)28-15-5-4-8-22(28)26-21-6-2-1-3-7-21/h4-5,8-12,15,19,21H,1-3,6-7,13-14,16-17H2. The van der Waals surface area contributed by atoms with E-state index in [1.165, 1.54) is 43.5 Å². The molecule has 1 aliphatic carbocycles. The van der Waals surface area contributed by atoms with E-state index in [9.17, 15) is 14.0 Å². The Bertz CT molecular complexity index is 953. The van der Waals surface area contributed by atoms with Crippen LogP contribution in [-0.2, 0) is 0 Å². The van der Waals surface area contributed by atoms with Gasteiger partial charge < -0.3 is 4.90 Å². The maximum atomic E-state index is 13.2. The minimum absolute atomic E-state index is 0.0547. The molecule has 1 aromatic carbocycles. The summed E-state index contributed by atoms with van der Waals surface area (Å²) in [5, 5.41) is 0. The first kappa shape index (κ1) is 20.5. The second kappa shape index (κ2) is 9.37. The molecule has 0 N–H and O–H groups in total. The minimum Gasteiger partial charge on any atom is -0.339 e. The van der Waals surface area contributed by atoms with Crippen LogP contribution in [0.25, 0.3) is 0 Å². The molecule has 30 heavy (non-hydrogen) atoms. The number of amides is 1. The molecule has 0 spiro atoms. The molecular formula is C24H28FN3O2. The normalized spacial score (nSPS) is 19.1. The zero-order valence-corrected chi connectivity index (χ0v) is 17.2. The number of carbonyl (C=O) groups is 2. The van der Waals surface area contributed by atoms with Gasteiger partial charge in [-0.2, -0.15) is 0 Å². The van der Waals surface area contributed by atoms with Crippen molar-refractivity contribution >= 4 is 11.8 Å².